The number of hydrogen-bond donors (Lipinski definition) is 1. The number of nitrogens with zero attached hydrogens (tertiary/aromatic N) is 2. The Morgan fingerprint density at radius 1 is 1.17 bits per heavy atom. The molecule has 2 unspecified atom stereocenters. The number of rotatable bonds is 9. The molecule has 1 aliphatic heterocycles. The fourth-order valence-electron chi connectivity index (χ4n) is 4.03. The van der Waals surface area contributed by atoms with Crippen LogP contribution < -0.4 is 10.1 Å². The molecule has 6 nitrogen and oxygen atoms in total. The predicted molar refractivity (Wildman–Crippen MR) is 116 cm³/mol. The lowest BCUT2D eigenvalue weighted by atomic mass is 9.97. The van der Waals surface area contributed by atoms with Crippen LogP contribution in [0.1, 0.15) is 64.2 Å². The highest BCUT2D eigenvalue weighted by molar-refractivity contribution is 5.94. The van der Waals surface area contributed by atoms with Crippen LogP contribution in [0.2, 0.25) is 0 Å². The maximum Gasteiger partial charge on any atom is 0.260 e. The summed E-state index contributed by atoms with van der Waals surface area (Å²) < 4.78 is 5.68. The first-order chi connectivity index (χ1) is 13.8. The van der Waals surface area contributed by atoms with E-state index in [1.807, 2.05) is 4.90 Å². The van der Waals surface area contributed by atoms with Gasteiger partial charge < -0.3 is 15.0 Å². The van der Waals surface area contributed by atoms with Gasteiger partial charge in [0.25, 0.3) is 11.8 Å². The normalized spacial score (nSPS) is 19.5. The van der Waals surface area contributed by atoms with Gasteiger partial charge in [-0.15, -0.1) is 0 Å². The van der Waals surface area contributed by atoms with Crippen LogP contribution in [-0.4, -0.2) is 66.0 Å². The lowest BCUT2D eigenvalue weighted by molar-refractivity contribution is -0.139. The minimum Gasteiger partial charge on any atom is -0.484 e. The van der Waals surface area contributed by atoms with E-state index in [0.29, 0.717) is 23.9 Å². The molecular formula is C23H37N3O3. The molecule has 0 aromatic heterocycles. The Kier molecular flexibility index (Phi) is 8.96. The first-order valence-electron chi connectivity index (χ1n) is 10.9. The van der Waals surface area contributed by atoms with Gasteiger partial charge in [0.15, 0.2) is 6.61 Å². The molecule has 2 atom stereocenters. The second-order valence-electron chi connectivity index (χ2n) is 8.22. The van der Waals surface area contributed by atoms with E-state index in [1.54, 1.807) is 24.3 Å². The Balaban J connectivity index is 1.80. The first-order valence-corrected chi connectivity index (χ1v) is 10.9. The first kappa shape index (κ1) is 23.2. The molecule has 1 N–H and O–H groups in total. The summed E-state index contributed by atoms with van der Waals surface area (Å²) in [4.78, 5) is 29.1. The molecule has 0 bridgehead atoms. The second kappa shape index (κ2) is 11.2. The van der Waals surface area contributed by atoms with Crippen LogP contribution in [0, 0.1) is 0 Å². The summed E-state index contributed by atoms with van der Waals surface area (Å²) in [5.74, 6) is 0.532. The Morgan fingerprint density at radius 3 is 2.34 bits per heavy atom. The third kappa shape index (κ3) is 6.74. The van der Waals surface area contributed by atoms with E-state index in [-0.39, 0.29) is 30.5 Å². The predicted octanol–water partition coefficient (Wildman–Crippen LogP) is 3.32. The summed E-state index contributed by atoms with van der Waals surface area (Å²) in [6, 6.07) is 7.96. The van der Waals surface area contributed by atoms with Crippen molar-refractivity contribution >= 4 is 11.8 Å². The van der Waals surface area contributed by atoms with Crippen LogP contribution in [-0.2, 0) is 4.79 Å². The minimum atomic E-state index is -0.0941. The largest absolute Gasteiger partial charge is 0.484 e. The summed E-state index contributed by atoms with van der Waals surface area (Å²) in [5, 5.41) is 2.96. The standard InChI is InChI=1S/C23H37N3O3/c1-6-25(17(2)3)15-14-24-23(28)20-10-12-21(13-11-20)29-16-22(27)26-18(4)8-7-9-19(26)5/h10-13,17-19H,6-9,14-16H2,1-5H3,(H,24,28). The molecule has 1 aromatic rings. The van der Waals surface area contributed by atoms with Gasteiger partial charge in [-0.05, 0) is 77.8 Å². The van der Waals surface area contributed by atoms with Crippen molar-refractivity contribution in [1.29, 1.82) is 0 Å². The quantitative estimate of drug-likeness (QED) is 0.687. The van der Waals surface area contributed by atoms with Crippen LogP contribution in [0.3, 0.4) is 0 Å². The monoisotopic (exact) mass is 403 g/mol. The molecule has 1 saturated heterocycles. The third-order valence-electron chi connectivity index (χ3n) is 5.78. The van der Waals surface area contributed by atoms with Gasteiger partial charge in [0.05, 0.1) is 0 Å². The molecule has 0 radical (unpaired) electrons. The van der Waals surface area contributed by atoms with Gasteiger partial charge >= 0.3 is 0 Å². The van der Waals surface area contributed by atoms with E-state index >= 15 is 0 Å². The number of benzene rings is 1. The zero-order valence-electron chi connectivity index (χ0n) is 18.6. The summed E-state index contributed by atoms with van der Waals surface area (Å²) in [5.41, 5.74) is 0.592. The topological polar surface area (TPSA) is 61.9 Å². The molecule has 0 spiro atoms. The van der Waals surface area contributed by atoms with Gasteiger partial charge in [-0.1, -0.05) is 6.92 Å². The van der Waals surface area contributed by atoms with Gasteiger partial charge in [-0.25, -0.2) is 0 Å². The Morgan fingerprint density at radius 2 is 1.79 bits per heavy atom. The highest BCUT2D eigenvalue weighted by Gasteiger charge is 2.28. The van der Waals surface area contributed by atoms with Crippen LogP contribution in [0.4, 0.5) is 0 Å². The molecule has 2 amide bonds. The van der Waals surface area contributed by atoms with E-state index in [9.17, 15) is 9.59 Å². The van der Waals surface area contributed by atoms with E-state index in [1.165, 1.54) is 6.42 Å². The fraction of sp³-hybridized carbons (Fsp3) is 0.652. The number of nitrogens with one attached hydrogen (secondary N) is 1. The maximum atomic E-state index is 12.5. The van der Waals surface area contributed by atoms with Gasteiger partial charge in [-0.3, -0.25) is 14.5 Å². The Labute approximate surface area is 175 Å². The number of piperidine rings is 1. The molecule has 1 heterocycles. The summed E-state index contributed by atoms with van der Waals surface area (Å²) in [6.45, 7) is 13.1. The third-order valence-corrected chi connectivity index (χ3v) is 5.78. The lowest BCUT2D eigenvalue weighted by Crippen LogP contribution is -2.49. The van der Waals surface area contributed by atoms with Crippen molar-refractivity contribution in [2.75, 3.05) is 26.2 Å². The summed E-state index contributed by atoms with van der Waals surface area (Å²) in [7, 11) is 0. The summed E-state index contributed by atoms with van der Waals surface area (Å²) in [6.07, 6.45) is 3.27. The van der Waals surface area contributed by atoms with Gasteiger partial charge in [0.2, 0.25) is 0 Å². The fourth-order valence-corrected chi connectivity index (χ4v) is 4.03. The highest BCUT2D eigenvalue weighted by Crippen LogP contribution is 2.23. The number of hydrogen-bond acceptors (Lipinski definition) is 4. The van der Waals surface area contributed by atoms with Gasteiger partial charge in [0, 0.05) is 36.8 Å². The van der Waals surface area contributed by atoms with E-state index in [2.05, 4.69) is 44.8 Å². The number of likely N-dealkylation sites (N-methyl/N-ethyl adjacent to an activating group) is 1. The van der Waals surface area contributed by atoms with Crippen molar-refractivity contribution in [1.82, 2.24) is 15.1 Å². The molecule has 0 aliphatic carbocycles. The average Bonchev–Trinajstić information content (AvgIpc) is 2.69. The molecule has 1 aliphatic rings. The molecule has 6 heteroatoms. The van der Waals surface area contributed by atoms with Crippen LogP contribution >= 0.6 is 0 Å². The van der Waals surface area contributed by atoms with Crippen molar-refractivity contribution in [2.24, 2.45) is 0 Å². The van der Waals surface area contributed by atoms with Gasteiger partial charge in [0.1, 0.15) is 5.75 Å². The number of likely N-dealkylation sites (tertiary alicyclic amines) is 1. The second-order valence-corrected chi connectivity index (χ2v) is 8.22. The van der Waals surface area contributed by atoms with E-state index in [4.69, 9.17) is 4.74 Å². The molecular weight excluding hydrogens is 366 g/mol. The molecule has 29 heavy (non-hydrogen) atoms. The van der Waals surface area contributed by atoms with E-state index < -0.39 is 0 Å². The molecule has 162 valence electrons. The molecule has 0 saturated carbocycles. The van der Waals surface area contributed by atoms with Gasteiger partial charge in [-0.2, -0.15) is 0 Å². The van der Waals surface area contributed by atoms with Crippen LogP contribution in [0.5, 0.6) is 5.75 Å². The Bertz CT molecular complexity index is 650. The molecule has 1 fully saturated rings. The number of amides is 2. The number of ether oxygens (including phenoxy) is 1. The minimum absolute atomic E-state index is 0.0251. The van der Waals surface area contributed by atoms with Crippen molar-refractivity contribution < 1.29 is 14.3 Å². The molecule has 2 rings (SSSR count). The number of carbonyl (C=O) groups is 2. The zero-order chi connectivity index (χ0) is 21.4. The van der Waals surface area contributed by atoms with Crippen molar-refractivity contribution in [2.45, 2.75) is 72.0 Å². The number of carbonyl (C=O) groups excluding carboxylic acids is 2. The SMILES string of the molecule is CCN(CCNC(=O)c1ccc(OCC(=O)N2C(C)CCCC2C)cc1)C(C)C. The maximum absolute atomic E-state index is 12.5. The smallest absolute Gasteiger partial charge is 0.260 e. The van der Waals surface area contributed by atoms with Crippen molar-refractivity contribution in [3.63, 3.8) is 0 Å². The lowest BCUT2D eigenvalue weighted by Gasteiger charge is -2.38. The molecule has 1 aromatic carbocycles. The van der Waals surface area contributed by atoms with Crippen LogP contribution in [0.25, 0.3) is 0 Å². The summed E-state index contributed by atoms with van der Waals surface area (Å²) >= 11 is 0. The van der Waals surface area contributed by atoms with Crippen LogP contribution in [0.15, 0.2) is 24.3 Å². The van der Waals surface area contributed by atoms with E-state index in [0.717, 1.165) is 25.9 Å². The zero-order valence-corrected chi connectivity index (χ0v) is 18.6. The average molecular weight is 404 g/mol. The highest BCUT2D eigenvalue weighted by atomic mass is 16.5. The Hall–Kier alpha value is -2.08. The van der Waals surface area contributed by atoms with Crippen molar-refractivity contribution in [3.8, 4) is 5.75 Å². The van der Waals surface area contributed by atoms with Crippen molar-refractivity contribution in [3.05, 3.63) is 29.8 Å².